The van der Waals surface area contributed by atoms with Crippen molar-refractivity contribution < 1.29 is 42.9 Å². The molecule has 0 atom stereocenters. The predicted molar refractivity (Wildman–Crippen MR) is 255 cm³/mol. The molecule has 64 heavy (non-hydrogen) atoms. The molecule has 4 heterocycles. The number of nitrogens with one attached hydrogen (secondary N) is 4. The van der Waals surface area contributed by atoms with E-state index in [1.54, 1.807) is 24.3 Å². The van der Waals surface area contributed by atoms with E-state index in [9.17, 15) is 19.2 Å². The van der Waals surface area contributed by atoms with Gasteiger partial charge in [0.25, 0.3) is 7.82 Å². The Hall–Kier alpha value is -4.04. The van der Waals surface area contributed by atoms with Crippen molar-refractivity contribution in [2.45, 2.75) is 108 Å². The van der Waals surface area contributed by atoms with E-state index in [2.05, 4.69) is 53.7 Å². The van der Waals surface area contributed by atoms with Crippen LogP contribution >= 0.6 is 42.6 Å². The first-order valence-electron chi connectivity index (χ1n) is 21.6. The summed E-state index contributed by atoms with van der Waals surface area (Å²) < 4.78 is 9.44. The summed E-state index contributed by atoms with van der Waals surface area (Å²) in [6.07, 6.45) is 14.1. The molecule has 0 aliphatic carbocycles. The lowest BCUT2D eigenvalue weighted by Crippen LogP contribution is -2.50. The number of hydrogen-bond acceptors (Lipinski definition) is 6. The van der Waals surface area contributed by atoms with Gasteiger partial charge in [0.1, 0.15) is 0 Å². The van der Waals surface area contributed by atoms with Crippen LogP contribution in [0.5, 0.6) is 0 Å². The fourth-order valence-electron chi connectivity index (χ4n) is 7.79. The molecule has 0 saturated carbocycles. The highest BCUT2D eigenvalue weighted by atomic mass is 35.6. The van der Waals surface area contributed by atoms with Crippen LogP contribution in [0, 0.1) is 0 Å². The Bertz CT molecular complexity index is 1950. The number of benzene rings is 1. The molecule has 6 N–H and O–H groups in total. The molecule has 0 aliphatic heterocycles. The maximum Gasteiger partial charge on any atom is 0.262 e. The quantitative estimate of drug-likeness (QED) is 0.0170. The van der Waals surface area contributed by atoms with E-state index in [-0.39, 0.29) is 0 Å². The Balaban J connectivity index is 0.000000449. The molecule has 0 unspecified atom stereocenters. The normalized spacial score (nSPS) is 11.7. The molecule has 0 bridgehead atoms. The van der Waals surface area contributed by atoms with Crippen LogP contribution < -0.4 is 4.89 Å². The first-order chi connectivity index (χ1) is 30.3. The summed E-state index contributed by atoms with van der Waals surface area (Å²) in [6.45, 7) is 19.1. The van der Waals surface area contributed by atoms with Crippen LogP contribution in [0.3, 0.4) is 0 Å². The molecule has 0 aliphatic rings. The van der Waals surface area contributed by atoms with Gasteiger partial charge in [-0.25, -0.2) is 0 Å². The van der Waals surface area contributed by atoms with Gasteiger partial charge in [-0.1, -0.05) is 112 Å². The van der Waals surface area contributed by atoms with Gasteiger partial charge in [0, 0.05) is 22.8 Å². The van der Waals surface area contributed by atoms with Gasteiger partial charge >= 0.3 is 0 Å². The molecule has 0 spiro atoms. The molecule has 4 aromatic heterocycles. The minimum atomic E-state index is -4.89. The maximum absolute atomic E-state index is 11.5. The lowest BCUT2D eigenvalue weighted by atomic mass is 9.72. The summed E-state index contributed by atoms with van der Waals surface area (Å²) in [5, 5.41) is 0. The number of carbonyl (C=O) groups is 4. The SMILES string of the molecule is CC(c1cccc(C(C)(c2ccc(C=O)[nH]2)c2ccc(C=O)[nH]2)c1)(c1ccc(C=O)[nH]1)c1ccc(C=O)[nH]1.CCCC[N+](CCCC)(CCCC)CCCC.ClC(Cl)Cl.O=P([O-])(O)O. The lowest BCUT2D eigenvalue weighted by Gasteiger charge is -2.39. The van der Waals surface area contributed by atoms with Gasteiger partial charge in [-0.2, -0.15) is 0 Å². The van der Waals surface area contributed by atoms with Crippen molar-refractivity contribution >= 4 is 67.8 Å². The highest BCUT2D eigenvalue weighted by Crippen LogP contribution is 2.43. The van der Waals surface area contributed by atoms with Crippen LogP contribution in [0.15, 0.2) is 72.8 Å². The molecule has 0 fully saturated rings. The number of aromatic nitrogens is 4. The first-order valence-corrected chi connectivity index (χ1v) is 24.4. The monoisotopic (exact) mass is 963 g/mol. The fraction of sp³-hybridized carbons (Fsp3) is 0.447. The molecule has 352 valence electrons. The average Bonchev–Trinajstić information content (AvgIpc) is 4.12. The number of carbonyl (C=O) groups excluding carboxylic acids is 4. The van der Waals surface area contributed by atoms with E-state index >= 15 is 0 Å². The van der Waals surface area contributed by atoms with Gasteiger partial charge in [-0.15, -0.1) is 0 Å². The minimum absolute atomic E-state index is 0.440. The van der Waals surface area contributed by atoms with E-state index in [4.69, 9.17) is 54.0 Å². The van der Waals surface area contributed by atoms with Gasteiger partial charge in [-0.05, 0) is 99.2 Å². The van der Waals surface area contributed by atoms with Gasteiger partial charge in [0.2, 0.25) is 0 Å². The molecule has 13 nitrogen and oxygen atoms in total. The van der Waals surface area contributed by atoms with Crippen LogP contribution in [0.25, 0.3) is 0 Å². The summed E-state index contributed by atoms with van der Waals surface area (Å²) in [5.41, 5.74) is 5.05. The third-order valence-corrected chi connectivity index (χ3v) is 11.5. The Morgan fingerprint density at radius 3 is 0.984 bits per heavy atom. The molecule has 0 radical (unpaired) electrons. The van der Waals surface area contributed by atoms with Crippen LogP contribution in [0.4, 0.5) is 0 Å². The van der Waals surface area contributed by atoms with Crippen LogP contribution in [-0.2, 0) is 15.4 Å². The van der Waals surface area contributed by atoms with Crippen molar-refractivity contribution in [1.29, 1.82) is 0 Å². The number of halogens is 3. The second kappa shape index (κ2) is 27.4. The molecule has 0 amide bonds. The van der Waals surface area contributed by atoms with Crippen molar-refractivity contribution in [3.8, 4) is 0 Å². The number of quaternary nitrogens is 1. The van der Waals surface area contributed by atoms with E-state index in [0.29, 0.717) is 22.8 Å². The summed E-state index contributed by atoms with van der Waals surface area (Å²) in [7, 11) is -4.89. The van der Waals surface area contributed by atoms with Crippen molar-refractivity contribution in [1.82, 2.24) is 19.9 Å². The third-order valence-electron chi connectivity index (χ3n) is 11.5. The van der Waals surface area contributed by atoms with Gasteiger partial charge < -0.3 is 39.1 Å². The van der Waals surface area contributed by atoms with Gasteiger partial charge in [0.15, 0.2) is 29.4 Å². The number of phosphoric acid groups is 1. The minimum Gasteiger partial charge on any atom is -0.756 e. The number of aldehydes is 4. The van der Waals surface area contributed by atoms with Crippen LogP contribution in [0.2, 0.25) is 0 Å². The van der Waals surface area contributed by atoms with Crippen molar-refractivity contribution in [3.05, 3.63) is 129 Å². The zero-order valence-corrected chi connectivity index (χ0v) is 40.8. The number of rotatable bonds is 22. The lowest BCUT2D eigenvalue weighted by molar-refractivity contribution is -0.929. The summed E-state index contributed by atoms with van der Waals surface area (Å²) in [5.74, 6) is 0. The second-order valence-electron chi connectivity index (χ2n) is 16.0. The fourth-order valence-corrected chi connectivity index (χ4v) is 7.79. The highest BCUT2D eigenvalue weighted by Gasteiger charge is 2.38. The second-order valence-corrected chi connectivity index (χ2v) is 19.0. The molecule has 0 saturated heterocycles. The van der Waals surface area contributed by atoms with E-state index in [1.165, 1.54) is 82.0 Å². The molecule has 5 aromatic rings. The molecule has 17 heteroatoms. The predicted octanol–water partition coefficient (Wildman–Crippen LogP) is 10.4. The Morgan fingerprint density at radius 1 is 0.562 bits per heavy atom. The highest BCUT2D eigenvalue weighted by molar-refractivity contribution is 7.43. The number of unbranched alkanes of at least 4 members (excludes halogenated alkanes) is 4. The largest absolute Gasteiger partial charge is 0.756 e. The number of alkyl halides is 3. The van der Waals surface area contributed by atoms with Crippen LogP contribution in [-0.4, -0.2) is 89.8 Å². The van der Waals surface area contributed by atoms with E-state index < -0.39 is 22.9 Å². The summed E-state index contributed by atoms with van der Waals surface area (Å²) >= 11 is 14.4. The first kappa shape index (κ1) is 56.1. The Labute approximate surface area is 392 Å². The molecular weight excluding hydrogens is 900 g/mol. The standard InChI is InChI=1S/C30H26N4O4.C16H36N.CHCl3.H3O4P/c1-29(25-10-6-21(15-35)31-25,26-11-7-22(16-36)32-26)19-4-3-5-20(14-19)30(2,27-12-8-23(17-37)33-27)28-13-9-24(18-38)34-28;1-5-9-13-17(14-10-6-2,15-11-7-3)16-12-8-4;2-1(3)4;1-5(2,3)4/h3-18,31-34H,1-2H3;5-16H2,1-4H3;1H;(H3,1,2,3,4)/q;+1;;/p-1. The summed E-state index contributed by atoms with van der Waals surface area (Å²) in [6, 6.07) is 22.3. The van der Waals surface area contributed by atoms with E-state index in [1.807, 2.05) is 56.3 Å². The number of nitrogens with zero attached hydrogens (tertiary/aromatic N) is 1. The Kier molecular flexibility index (Phi) is 24.0. The van der Waals surface area contributed by atoms with E-state index in [0.717, 1.165) is 59.0 Å². The van der Waals surface area contributed by atoms with Gasteiger partial charge in [0.05, 0.1) is 59.8 Å². The number of H-pyrrole nitrogens is 4. The smallest absolute Gasteiger partial charge is 0.262 e. The summed E-state index contributed by atoms with van der Waals surface area (Å²) in [4.78, 5) is 81.7. The Morgan fingerprint density at radius 2 is 0.797 bits per heavy atom. The van der Waals surface area contributed by atoms with Crippen molar-refractivity contribution in [2.75, 3.05) is 26.2 Å². The zero-order valence-electron chi connectivity index (χ0n) is 37.7. The number of aromatic amines is 4. The molecule has 1 aromatic carbocycles. The maximum atomic E-state index is 11.5. The molecular formula is C47H65Cl3N5O8P. The average molecular weight is 965 g/mol. The van der Waals surface area contributed by atoms with Crippen LogP contribution in [0.1, 0.15) is 169 Å². The topological polar surface area (TPSA) is 212 Å². The van der Waals surface area contributed by atoms with Crippen molar-refractivity contribution in [3.63, 3.8) is 0 Å². The third kappa shape index (κ3) is 16.7. The van der Waals surface area contributed by atoms with Crippen molar-refractivity contribution in [2.24, 2.45) is 0 Å². The molecule has 5 rings (SSSR count). The van der Waals surface area contributed by atoms with Gasteiger partial charge in [-0.3, -0.25) is 23.7 Å². The number of hydrogen-bond donors (Lipinski definition) is 6. The zero-order chi connectivity index (χ0) is 48.0.